The third-order valence-electron chi connectivity index (χ3n) is 5.20. The molecule has 0 saturated carbocycles. The Hall–Kier alpha value is -2.89. The number of ether oxygens (including phenoxy) is 1. The van der Waals surface area contributed by atoms with E-state index in [0.29, 0.717) is 25.9 Å². The van der Waals surface area contributed by atoms with Crippen LogP contribution in [0.4, 0.5) is 4.39 Å². The van der Waals surface area contributed by atoms with E-state index < -0.39 is 0 Å². The predicted molar refractivity (Wildman–Crippen MR) is 109 cm³/mol. The van der Waals surface area contributed by atoms with E-state index in [2.05, 4.69) is 12.2 Å². The first kappa shape index (κ1) is 20.8. The second-order valence-corrected chi connectivity index (χ2v) is 7.28. The van der Waals surface area contributed by atoms with Gasteiger partial charge in [0, 0.05) is 19.1 Å². The van der Waals surface area contributed by atoms with Gasteiger partial charge in [0.1, 0.15) is 11.6 Å². The molecule has 0 atom stereocenters. The average molecular weight is 398 g/mol. The molecule has 1 saturated heterocycles. The van der Waals surface area contributed by atoms with Crippen LogP contribution in [-0.2, 0) is 22.4 Å². The van der Waals surface area contributed by atoms with Crippen molar-refractivity contribution in [1.29, 1.82) is 0 Å². The number of benzene rings is 2. The van der Waals surface area contributed by atoms with Crippen molar-refractivity contribution in [2.75, 3.05) is 19.7 Å². The number of nitrogens with zero attached hydrogens (tertiary/aromatic N) is 1. The fourth-order valence-electron chi connectivity index (χ4n) is 3.51. The fraction of sp³-hybridized carbons (Fsp3) is 0.391. The highest BCUT2D eigenvalue weighted by Gasteiger charge is 2.24. The zero-order chi connectivity index (χ0) is 20.6. The molecule has 1 heterocycles. The normalized spacial score (nSPS) is 14.5. The number of aryl methyl sites for hydroxylation is 1. The molecule has 0 radical (unpaired) electrons. The molecule has 0 spiro atoms. The summed E-state index contributed by atoms with van der Waals surface area (Å²) >= 11 is 0. The van der Waals surface area contributed by atoms with E-state index >= 15 is 0 Å². The smallest absolute Gasteiger partial charge is 0.260 e. The first-order chi connectivity index (χ1) is 14.0. The maximum atomic E-state index is 12.9. The monoisotopic (exact) mass is 398 g/mol. The molecule has 2 amide bonds. The molecule has 3 rings (SSSR count). The van der Waals surface area contributed by atoms with Gasteiger partial charge in [-0.15, -0.1) is 0 Å². The summed E-state index contributed by atoms with van der Waals surface area (Å²) in [5.41, 5.74) is 1.86. The molecule has 1 aliphatic rings. The molecule has 154 valence electrons. The van der Waals surface area contributed by atoms with Crippen molar-refractivity contribution in [1.82, 2.24) is 10.2 Å². The number of nitrogens with one attached hydrogen (secondary N) is 1. The maximum absolute atomic E-state index is 12.9. The van der Waals surface area contributed by atoms with Crippen molar-refractivity contribution in [3.63, 3.8) is 0 Å². The molecule has 1 fully saturated rings. The Bertz CT molecular complexity index is 830. The summed E-state index contributed by atoms with van der Waals surface area (Å²) in [6.07, 6.45) is 2.51. The van der Waals surface area contributed by atoms with Gasteiger partial charge in [0.25, 0.3) is 5.91 Å². The number of hydrogen-bond donors (Lipinski definition) is 1. The van der Waals surface area contributed by atoms with Crippen LogP contribution in [0.25, 0.3) is 0 Å². The van der Waals surface area contributed by atoms with Gasteiger partial charge in [-0.3, -0.25) is 9.59 Å². The lowest BCUT2D eigenvalue weighted by Gasteiger charge is -2.32. The Labute approximate surface area is 170 Å². The summed E-state index contributed by atoms with van der Waals surface area (Å²) in [5, 5.41) is 3.01. The first-order valence-electron chi connectivity index (χ1n) is 10.1. The standard InChI is InChI=1S/C23H27FN2O3/c1-2-18-5-3-4-6-21(18)29-16-23(28)26-13-11-20(12-14-26)25-22(27)15-17-7-9-19(24)10-8-17/h3-10,20H,2,11-16H2,1H3,(H,25,27). The van der Waals surface area contributed by atoms with E-state index in [-0.39, 0.29) is 36.7 Å². The fourth-order valence-corrected chi connectivity index (χ4v) is 3.51. The van der Waals surface area contributed by atoms with Gasteiger partial charge in [-0.1, -0.05) is 37.3 Å². The van der Waals surface area contributed by atoms with Gasteiger partial charge < -0.3 is 15.0 Å². The second kappa shape index (κ2) is 10.0. The minimum Gasteiger partial charge on any atom is -0.483 e. The van der Waals surface area contributed by atoms with E-state index in [1.54, 1.807) is 17.0 Å². The summed E-state index contributed by atoms with van der Waals surface area (Å²) in [6.45, 7) is 3.27. The number of rotatable bonds is 7. The summed E-state index contributed by atoms with van der Waals surface area (Å²) in [6, 6.07) is 13.7. The number of likely N-dealkylation sites (tertiary alicyclic amines) is 1. The van der Waals surface area contributed by atoms with Crippen molar-refractivity contribution < 1.29 is 18.7 Å². The Morgan fingerprint density at radius 1 is 1.10 bits per heavy atom. The number of para-hydroxylation sites is 1. The summed E-state index contributed by atoms with van der Waals surface area (Å²) < 4.78 is 18.7. The molecule has 6 heteroatoms. The zero-order valence-corrected chi connectivity index (χ0v) is 16.7. The van der Waals surface area contributed by atoms with Crippen LogP contribution in [0.15, 0.2) is 48.5 Å². The quantitative estimate of drug-likeness (QED) is 0.780. The van der Waals surface area contributed by atoms with Gasteiger partial charge in [0.15, 0.2) is 6.61 Å². The van der Waals surface area contributed by atoms with Crippen molar-refractivity contribution in [3.8, 4) is 5.75 Å². The lowest BCUT2D eigenvalue weighted by atomic mass is 10.0. The number of halogens is 1. The highest BCUT2D eigenvalue weighted by molar-refractivity contribution is 5.79. The molecule has 0 unspecified atom stereocenters. The largest absolute Gasteiger partial charge is 0.483 e. The van der Waals surface area contributed by atoms with Crippen LogP contribution in [0, 0.1) is 5.82 Å². The molecule has 0 aliphatic carbocycles. The van der Waals surface area contributed by atoms with Gasteiger partial charge in [0.2, 0.25) is 5.91 Å². The van der Waals surface area contributed by atoms with Crippen LogP contribution >= 0.6 is 0 Å². The predicted octanol–water partition coefficient (Wildman–Crippen LogP) is 3.12. The molecule has 2 aromatic carbocycles. The Morgan fingerprint density at radius 2 is 1.79 bits per heavy atom. The number of carbonyl (C=O) groups excluding carboxylic acids is 2. The van der Waals surface area contributed by atoms with Gasteiger partial charge in [-0.2, -0.15) is 0 Å². The Morgan fingerprint density at radius 3 is 2.48 bits per heavy atom. The lowest BCUT2D eigenvalue weighted by Crippen LogP contribution is -2.48. The first-order valence-corrected chi connectivity index (χ1v) is 10.1. The Balaban J connectivity index is 1.40. The summed E-state index contributed by atoms with van der Waals surface area (Å²) in [4.78, 5) is 26.4. The number of piperidine rings is 1. The van der Waals surface area contributed by atoms with Crippen molar-refractivity contribution >= 4 is 11.8 Å². The van der Waals surface area contributed by atoms with Crippen LogP contribution in [0.1, 0.15) is 30.9 Å². The third-order valence-corrected chi connectivity index (χ3v) is 5.20. The molecule has 29 heavy (non-hydrogen) atoms. The average Bonchev–Trinajstić information content (AvgIpc) is 2.74. The summed E-state index contributed by atoms with van der Waals surface area (Å²) in [7, 11) is 0. The van der Waals surface area contributed by atoms with Gasteiger partial charge in [-0.05, 0) is 48.6 Å². The van der Waals surface area contributed by atoms with Crippen LogP contribution in [-0.4, -0.2) is 42.5 Å². The second-order valence-electron chi connectivity index (χ2n) is 7.28. The van der Waals surface area contributed by atoms with Gasteiger partial charge in [0.05, 0.1) is 6.42 Å². The molecule has 0 bridgehead atoms. The molecule has 1 aliphatic heterocycles. The number of amides is 2. The molecular weight excluding hydrogens is 371 g/mol. The number of carbonyl (C=O) groups is 2. The maximum Gasteiger partial charge on any atom is 0.260 e. The van der Waals surface area contributed by atoms with E-state index in [0.717, 1.165) is 23.3 Å². The van der Waals surface area contributed by atoms with E-state index in [9.17, 15) is 14.0 Å². The molecular formula is C23H27FN2O3. The van der Waals surface area contributed by atoms with Crippen molar-refractivity contribution in [2.24, 2.45) is 0 Å². The topological polar surface area (TPSA) is 58.6 Å². The van der Waals surface area contributed by atoms with E-state index in [1.807, 2.05) is 24.3 Å². The zero-order valence-electron chi connectivity index (χ0n) is 16.7. The third kappa shape index (κ3) is 6.04. The lowest BCUT2D eigenvalue weighted by molar-refractivity contribution is -0.134. The molecule has 2 aromatic rings. The SMILES string of the molecule is CCc1ccccc1OCC(=O)N1CCC(NC(=O)Cc2ccc(F)cc2)CC1. The molecule has 5 nitrogen and oxygen atoms in total. The van der Waals surface area contributed by atoms with E-state index in [4.69, 9.17) is 4.74 Å². The van der Waals surface area contributed by atoms with Crippen LogP contribution < -0.4 is 10.1 Å². The highest BCUT2D eigenvalue weighted by atomic mass is 19.1. The van der Waals surface area contributed by atoms with E-state index in [1.165, 1.54) is 12.1 Å². The van der Waals surface area contributed by atoms with Crippen LogP contribution in [0.5, 0.6) is 5.75 Å². The number of hydrogen-bond acceptors (Lipinski definition) is 3. The Kier molecular flexibility index (Phi) is 7.22. The molecule has 1 N–H and O–H groups in total. The van der Waals surface area contributed by atoms with Gasteiger partial charge in [-0.25, -0.2) is 4.39 Å². The highest BCUT2D eigenvalue weighted by Crippen LogP contribution is 2.19. The van der Waals surface area contributed by atoms with Crippen molar-refractivity contribution in [3.05, 3.63) is 65.5 Å². The van der Waals surface area contributed by atoms with Gasteiger partial charge >= 0.3 is 0 Å². The van der Waals surface area contributed by atoms with Crippen LogP contribution in [0.3, 0.4) is 0 Å². The minimum atomic E-state index is -0.312. The summed E-state index contributed by atoms with van der Waals surface area (Å²) in [5.74, 6) is 0.326. The molecule has 0 aromatic heterocycles. The van der Waals surface area contributed by atoms with Crippen LogP contribution in [0.2, 0.25) is 0 Å². The minimum absolute atomic E-state index is 0.0264. The van der Waals surface area contributed by atoms with Crippen molar-refractivity contribution in [2.45, 2.75) is 38.6 Å².